The average molecular weight is 265 g/mol. The highest BCUT2D eigenvalue weighted by molar-refractivity contribution is 5.78. The SMILES string of the molecule is CCN(CC)C(C)(CCc1ccc(O)cc1)C(=O)O. The van der Waals surface area contributed by atoms with E-state index in [2.05, 4.69) is 0 Å². The van der Waals surface area contributed by atoms with Crippen LogP contribution < -0.4 is 0 Å². The fourth-order valence-electron chi connectivity index (χ4n) is 2.37. The molecule has 4 heteroatoms. The first-order chi connectivity index (χ1) is 8.93. The second kappa shape index (κ2) is 6.57. The topological polar surface area (TPSA) is 60.8 Å². The normalized spacial score (nSPS) is 14.3. The van der Waals surface area contributed by atoms with E-state index in [4.69, 9.17) is 0 Å². The molecule has 0 radical (unpaired) electrons. The Morgan fingerprint density at radius 2 is 1.74 bits per heavy atom. The van der Waals surface area contributed by atoms with E-state index in [1.165, 1.54) is 0 Å². The molecule has 0 spiro atoms. The van der Waals surface area contributed by atoms with Gasteiger partial charge in [0.15, 0.2) is 0 Å². The summed E-state index contributed by atoms with van der Waals surface area (Å²) in [5.41, 5.74) is 0.193. The van der Waals surface area contributed by atoms with Crippen molar-refractivity contribution in [3.05, 3.63) is 29.8 Å². The van der Waals surface area contributed by atoms with E-state index in [1.54, 1.807) is 19.1 Å². The van der Waals surface area contributed by atoms with Gasteiger partial charge in [0.1, 0.15) is 11.3 Å². The quantitative estimate of drug-likeness (QED) is 0.795. The zero-order chi connectivity index (χ0) is 14.5. The summed E-state index contributed by atoms with van der Waals surface area (Å²) in [6.45, 7) is 7.17. The number of aliphatic carboxylic acids is 1. The first kappa shape index (κ1) is 15.5. The predicted octanol–water partition coefficient (Wildman–Crippen LogP) is 2.51. The van der Waals surface area contributed by atoms with Crippen LogP contribution >= 0.6 is 0 Å². The molecule has 1 rings (SSSR count). The average Bonchev–Trinajstić information content (AvgIpc) is 2.39. The van der Waals surface area contributed by atoms with Crippen molar-refractivity contribution in [3.63, 3.8) is 0 Å². The molecule has 0 aromatic heterocycles. The minimum Gasteiger partial charge on any atom is -0.508 e. The van der Waals surface area contributed by atoms with Gasteiger partial charge in [0.05, 0.1) is 0 Å². The Bertz CT molecular complexity index is 412. The number of carboxylic acid groups (broad SMARTS) is 1. The van der Waals surface area contributed by atoms with E-state index >= 15 is 0 Å². The highest BCUT2D eigenvalue weighted by Crippen LogP contribution is 2.23. The fourth-order valence-corrected chi connectivity index (χ4v) is 2.37. The van der Waals surface area contributed by atoms with Gasteiger partial charge in [0.25, 0.3) is 0 Å². The molecule has 0 aliphatic rings. The highest BCUT2D eigenvalue weighted by atomic mass is 16.4. The van der Waals surface area contributed by atoms with Crippen LogP contribution in [0, 0.1) is 0 Å². The molecule has 19 heavy (non-hydrogen) atoms. The van der Waals surface area contributed by atoms with Crippen molar-refractivity contribution in [1.29, 1.82) is 0 Å². The number of benzene rings is 1. The molecule has 0 saturated carbocycles. The van der Waals surface area contributed by atoms with Gasteiger partial charge in [-0.3, -0.25) is 9.69 Å². The van der Waals surface area contributed by atoms with Crippen LogP contribution in [0.3, 0.4) is 0 Å². The third kappa shape index (κ3) is 3.70. The van der Waals surface area contributed by atoms with Crippen LogP contribution in [-0.2, 0) is 11.2 Å². The molecule has 0 saturated heterocycles. The molecule has 1 aromatic carbocycles. The number of rotatable bonds is 7. The number of aryl methyl sites for hydroxylation is 1. The van der Waals surface area contributed by atoms with Crippen LogP contribution in [0.25, 0.3) is 0 Å². The Morgan fingerprint density at radius 3 is 2.16 bits per heavy atom. The Kier molecular flexibility index (Phi) is 5.36. The van der Waals surface area contributed by atoms with E-state index in [0.29, 0.717) is 12.8 Å². The summed E-state index contributed by atoms with van der Waals surface area (Å²) in [4.78, 5) is 13.5. The number of carbonyl (C=O) groups is 1. The minimum atomic E-state index is -0.846. The summed E-state index contributed by atoms with van der Waals surface area (Å²) in [5, 5.41) is 18.7. The maximum Gasteiger partial charge on any atom is 0.323 e. The number of phenolic OH excluding ortho intramolecular Hbond substituents is 1. The summed E-state index contributed by atoms with van der Waals surface area (Å²) < 4.78 is 0. The number of aromatic hydroxyl groups is 1. The predicted molar refractivity (Wildman–Crippen MR) is 75.4 cm³/mol. The van der Waals surface area contributed by atoms with Crippen LogP contribution in [0.5, 0.6) is 5.75 Å². The second-order valence-corrected chi connectivity index (χ2v) is 4.92. The molecule has 0 aliphatic carbocycles. The van der Waals surface area contributed by atoms with E-state index in [0.717, 1.165) is 18.7 Å². The summed E-state index contributed by atoms with van der Waals surface area (Å²) in [6.07, 6.45) is 1.23. The lowest BCUT2D eigenvalue weighted by molar-refractivity contribution is -0.150. The van der Waals surface area contributed by atoms with Crippen molar-refractivity contribution in [1.82, 2.24) is 4.90 Å². The van der Waals surface area contributed by atoms with E-state index < -0.39 is 11.5 Å². The van der Waals surface area contributed by atoms with Gasteiger partial charge in [-0.2, -0.15) is 0 Å². The Labute approximate surface area is 114 Å². The molecule has 106 valence electrons. The fraction of sp³-hybridized carbons (Fsp3) is 0.533. The van der Waals surface area contributed by atoms with Crippen LogP contribution in [0.4, 0.5) is 0 Å². The van der Waals surface area contributed by atoms with Crippen LogP contribution in [0.2, 0.25) is 0 Å². The monoisotopic (exact) mass is 265 g/mol. The lowest BCUT2D eigenvalue weighted by Crippen LogP contribution is -2.52. The van der Waals surface area contributed by atoms with Crippen molar-refractivity contribution < 1.29 is 15.0 Å². The molecule has 2 N–H and O–H groups in total. The molecule has 1 atom stereocenters. The lowest BCUT2D eigenvalue weighted by atomic mass is 9.91. The lowest BCUT2D eigenvalue weighted by Gasteiger charge is -2.36. The smallest absolute Gasteiger partial charge is 0.323 e. The van der Waals surface area contributed by atoms with Crippen molar-refractivity contribution >= 4 is 5.97 Å². The van der Waals surface area contributed by atoms with Gasteiger partial charge >= 0.3 is 5.97 Å². The van der Waals surface area contributed by atoms with Gasteiger partial charge < -0.3 is 10.2 Å². The molecule has 0 heterocycles. The number of phenols is 1. The highest BCUT2D eigenvalue weighted by Gasteiger charge is 2.37. The molecular weight excluding hydrogens is 242 g/mol. The zero-order valence-corrected chi connectivity index (χ0v) is 11.9. The van der Waals surface area contributed by atoms with E-state index in [9.17, 15) is 15.0 Å². The van der Waals surface area contributed by atoms with Gasteiger partial charge in [-0.05, 0) is 50.6 Å². The largest absolute Gasteiger partial charge is 0.508 e. The van der Waals surface area contributed by atoms with E-state index in [-0.39, 0.29) is 5.75 Å². The molecule has 0 amide bonds. The summed E-state index contributed by atoms with van der Waals surface area (Å²) in [7, 11) is 0. The number of carboxylic acids is 1. The van der Waals surface area contributed by atoms with Crippen LogP contribution in [0.15, 0.2) is 24.3 Å². The first-order valence-corrected chi connectivity index (χ1v) is 6.70. The van der Waals surface area contributed by atoms with Crippen molar-refractivity contribution in [3.8, 4) is 5.75 Å². The Morgan fingerprint density at radius 1 is 1.21 bits per heavy atom. The van der Waals surface area contributed by atoms with Crippen LogP contribution in [0.1, 0.15) is 32.8 Å². The summed E-state index contributed by atoms with van der Waals surface area (Å²) in [5.74, 6) is -0.552. The Hall–Kier alpha value is -1.55. The van der Waals surface area contributed by atoms with E-state index in [1.807, 2.05) is 30.9 Å². The third-order valence-electron chi connectivity index (χ3n) is 3.76. The summed E-state index contributed by atoms with van der Waals surface area (Å²) in [6, 6.07) is 6.93. The third-order valence-corrected chi connectivity index (χ3v) is 3.76. The molecule has 0 aliphatic heterocycles. The molecule has 0 bridgehead atoms. The maximum absolute atomic E-state index is 11.6. The van der Waals surface area contributed by atoms with Crippen molar-refractivity contribution in [2.24, 2.45) is 0 Å². The van der Waals surface area contributed by atoms with Gasteiger partial charge in [0, 0.05) is 0 Å². The number of hydrogen-bond donors (Lipinski definition) is 2. The number of nitrogens with zero attached hydrogens (tertiary/aromatic N) is 1. The van der Waals surface area contributed by atoms with Gasteiger partial charge in [-0.1, -0.05) is 26.0 Å². The van der Waals surface area contributed by atoms with Gasteiger partial charge in [-0.25, -0.2) is 0 Å². The zero-order valence-electron chi connectivity index (χ0n) is 11.9. The Balaban J connectivity index is 2.79. The standard InChI is InChI=1S/C15H23NO3/c1-4-16(5-2)15(3,14(18)19)11-10-12-6-8-13(17)9-7-12/h6-9,17H,4-5,10-11H2,1-3H3,(H,18,19). The molecule has 1 aromatic rings. The molecule has 1 unspecified atom stereocenters. The molecule has 0 fully saturated rings. The van der Waals surface area contributed by atoms with Gasteiger partial charge in [-0.15, -0.1) is 0 Å². The van der Waals surface area contributed by atoms with Crippen molar-refractivity contribution in [2.75, 3.05) is 13.1 Å². The van der Waals surface area contributed by atoms with Crippen LogP contribution in [-0.4, -0.2) is 39.7 Å². The molecule has 4 nitrogen and oxygen atoms in total. The number of likely N-dealkylation sites (N-methyl/N-ethyl adjacent to an activating group) is 1. The summed E-state index contributed by atoms with van der Waals surface area (Å²) >= 11 is 0. The minimum absolute atomic E-state index is 0.230. The molecular formula is C15H23NO3. The van der Waals surface area contributed by atoms with Gasteiger partial charge in [0.2, 0.25) is 0 Å². The number of hydrogen-bond acceptors (Lipinski definition) is 3. The second-order valence-electron chi connectivity index (χ2n) is 4.92. The first-order valence-electron chi connectivity index (χ1n) is 6.70. The van der Waals surface area contributed by atoms with Crippen molar-refractivity contribution in [2.45, 2.75) is 39.2 Å². The maximum atomic E-state index is 11.6.